The van der Waals surface area contributed by atoms with Gasteiger partial charge in [0.15, 0.2) is 5.65 Å². The van der Waals surface area contributed by atoms with Crippen LogP contribution in [-0.2, 0) is 5.88 Å². The monoisotopic (exact) mass is 291 g/mol. The second kappa shape index (κ2) is 5.36. The van der Waals surface area contributed by atoms with Crippen molar-refractivity contribution in [2.75, 3.05) is 0 Å². The van der Waals surface area contributed by atoms with Gasteiger partial charge in [0.2, 0.25) is 0 Å². The Labute approximate surface area is 125 Å². The molecule has 0 bridgehead atoms. The smallest absolute Gasteiger partial charge is 0.160 e. The molecule has 2 aromatic rings. The van der Waals surface area contributed by atoms with Crippen LogP contribution in [-0.4, -0.2) is 14.5 Å². The van der Waals surface area contributed by atoms with Gasteiger partial charge in [-0.1, -0.05) is 13.8 Å². The van der Waals surface area contributed by atoms with E-state index in [2.05, 4.69) is 30.3 Å². The highest BCUT2D eigenvalue weighted by molar-refractivity contribution is 6.16. The van der Waals surface area contributed by atoms with E-state index in [-0.39, 0.29) is 0 Å². The molecule has 0 amide bonds. The summed E-state index contributed by atoms with van der Waals surface area (Å²) in [5.74, 6) is 2.99. The maximum atomic E-state index is 6.13. The Bertz CT molecular complexity index is 619. The molecule has 3 rings (SSSR count). The van der Waals surface area contributed by atoms with Gasteiger partial charge in [0.25, 0.3) is 0 Å². The van der Waals surface area contributed by atoms with Crippen LogP contribution < -0.4 is 0 Å². The number of hydrogen-bond acceptors (Lipinski definition) is 2. The normalized spacial score (nSPS) is 27.1. The Kier molecular flexibility index (Phi) is 3.72. The van der Waals surface area contributed by atoms with Crippen LogP contribution >= 0.6 is 11.6 Å². The topological polar surface area (TPSA) is 30.7 Å². The summed E-state index contributed by atoms with van der Waals surface area (Å²) < 4.78 is 2.30. The van der Waals surface area contributed by atoms with Crippen LogP contribution in [0.4, 0.5) is 0 Å². The van der Waals surface area contributed by atoms with Gasteiger partial charge in [0.1, 0.15) is 11.3 Å². The molecule has 1 aliphatic carbocycles. The Morgan fingerprint density at radius 2 is 2.10 bits per heavy atom. The highest BCUT2D eigenvalue weighted by Gasteiger charge is 2.28. The number of alkyl halides is 1. The molecule has 4 heteroatoms. The van der Waals surface area contributed by atoms with Crippen LogP contribution in [0.3, 0.4) is 0 Å². The molecular formula is C16H22ClN3. The van der Waals surface area contributed by atoms with Gasteiger partial charge < -0.3 is 4.57 Å². The van der Waals surface area contributed by atoms with E-state index in [4.69, 9.17) is 16.6 Å². The number of fused-ring (bicyclic) bond motifs is 1. The van der Waals surface area contributed by atoms with E-state index in [0.29, 0.717) is 11.9 Å². The molecule has 0 N–H and O–H groups in total. The fourth-order valence-corrected chi connectivity index (χ4v) is 3.58. The standard InChI is InChI=1S/C16H22ClN3/c1-10-4-5-13(8-12(10)3)20-14(9-17)19-15-11(2)6-7-18-16(15)20/h6-7,10,12-13H,4-5,8-9H2,1-3H3. The van der Waals surface area contributed by atoms with Crippen LogP contribution in [0.1, 0.15) is 50.5 Å². The average molecular weight is 292 g/mol. The van der Waals surface area contributed by atoms with Gasteiger partial charge in [0.05, 0.1) is 5.88 Å². The molecule has 3 atom stereocenters. The third-order valence-electron chi connectivity index (χ3n) is 4.91. The number of rotatable bonds is 2. The first kappa shape index (κ1) is 13.9. The zero-order valence-corrected chi connectivity index (χ0v) is 13.2. The van der Waals surface area contributed by atoms with E-state index in [1.54, 1.807) is 0 Å². The van der Waals surface area contributed by atoms with E-state index in [1.165, 1.54) is 24.8 Å². The van der Waals surface area contributed by atoms with Crippen molar-refractivity contribution >= 4 is 22.8 Å². The Morgan fingerprint density at radius 3 is 2.80 bits per heavy atom. The van der Waals surface area contributed by atoms with Gasteiger partial charge in [-0.05, 0) is 49.7 Å². The van der Waals surface area contributed by atoms with Crippen molar-refractivity contribution in [3.63, 3.8) is 0 Å². The quantitative estimate of drug-likeness (QED) is 0.764. The molecule has 0 aliphatic heterocycles. The molecule has 0 spiro atoms. The van der Waals surface area contributed by atoms with Gasteiger partial charge in [-0.15, -0.1) is 11.6 Å². The lowest BCUT2D eigenvalue weighted by molar-refractivity contribution is 0.211. The first-order valence-electron chi connectivity index (χ1n) is 7.50. The van der Waals surface area contributed by atoms with Crippen molar-refractivity contribution in [1.29, 1.82) is 0 Å². The number of pyridine rings is 1. The van der Waals surface area contributed by atoms with E-state index in [9.17, 15) is 0 Å². The van der Waals surface area contributed by atoms with Crippen molar-refractivity contribution < 1.29 is 0 Å². The van der Waals surface area contributed by atoms with Gasteiger partial charge in [-0.25, -0.2) is 9.97 Å². The maximum absolute atomic E-state index is 6.13. The molecular weight excluding hydrogens is 270 g/mol. The summed E-state index contributed by atoms with van der Waals surface area (Å²) >= 11 is 6.13. The zero-order chi connectivity index (χ0) is 14.3. The van der Waals surface area contributed by atoms with Gasteiger partial charge >= 0.3 is 0 Å². The SMILES string of the molecule is Cc1ccnc2c1nc(CCl)n2C1CCC(C)C(C)C1. The van der Waals surface area contributed by atoms with Crippen LogP contribution in [0, 0.1) is 18.8 Å². The Balaban J connectivity index is 2.08. The van der Waals surface area contributed by atoms with Crippen molar-refractivity contribution in [1.82, 2.24) is 14.5 Å². The van der Waals surface area contributed by atoms with Crippen molar-refractivity contribution in [3.05, 3.63) is 23.7 Å². The van der Waals surface area contributed by atoms with Crippen molar-refractivity contribution in [2.45, 2.75) is 52.0 Å². The summed E-state index contributed by atoms with van der Waals surface area (Å²) in [6, 6.07) is 2.51. The number of hydrogen-bond donors (Lipinski definition) is 0. The molecule has 1 saturated carbocycles. The third kappa shape index (κ3) is 2.22. The molecule has 3 unspecified atom stereocenters. The summed E-state index contributed by atoms with van der Waals surface area (Å²) in [6.07, 6.45) is 5.56. The third-order valence-corrected chi connectivity index (χ3v) is 5.15. The van der Waals surface area contributed by atoms with Crippen molar-refractivity contribution in [3.8, 4) is 0 Å². The average Bonchev–Trinajstić information content (AvgIpc) is 2.82. The number of aryl methyl sites for hydroxylation is 1. The van der Waals surface area contributed by atoms with Gasteiger partial charge in [-0.3, -0.25) is 0 Å². The molecule has 1 fully saturated rings. The summed E-state index contributed by atoms with van der Waals surface area (Å²) in [6.45, 7) is 6.80. The zero-order valence-electron chi connectivity index (χ0n) is 12.4. The molecule has 0 saturated heterocycles. The first-order valence-corrected chi connectivity index (χ1v) is 8.03. The van der Waals surface area contributed by atoms with E-state index in [1.807, 2.05) is 12.3 Å². The van der Waals surface area contributed by atoms with E-state index >= 15 is 0 Å². The molecule has 3 nitrogen and oxygen atoms in total. The highest BCUT2D eigenvalue weighted by atomic mass is 35.5. The minimum Gasteiger partial charge on any atom is -0.309 e. The van der Waals surface area contributed by atoms with Gasteiger partial charge in [0, 0.05) is 12.2 Å². The second-order valence-electron chi connectivity index (χ2n) is 6.25. The Morgan fingerprint density at radius 1 is 1.30 bits per heavy atom. The minimum atomic E-state index is 0.455. The van der Waals surface area contributed by atoms with E-state index in [0.717, 1.165) is 28.8 Å². The maximum Gasteiger partial charge on any atom is 0.160 e. The van der Waals surface area contributed by atoms with Crippen LogP contribution in [0.2, 0.25) is 0 Å². The molecule has 20 heavy (non-hydrogen) atoms. The van der Waals surface area contributed by atoms with Crippen molar-refractivity contribution in [2.24, 2.45) is 11.8 Å². The summed E-state index contributed by atoms with van der Waals surface area (Å²) in [5, 5.41) is 0. The molecule has 2 aromatic heterocycles. The lowest BCUT2D eigenvalue weighted by atomic mass is 9.79. The fraction of sp³-hybridized carbons (Fsp3) is 0.625. The molecule has 1 aliphatic rings. The highest BCUT2D eigenvalue weighted by Crippen LogP contribution is 2.38. The number of halogens is 1. The molecule has 0 radical (unpaired) electrons. The Hall–Kier alpha value is -1.09. The minimum absolute atomic E-state index is 0.455. The summed E-state index contributed by atoms with van der Waals surface area (Å²) in [5.41, 5.74) is 3.19. The number of imidazole rings is 1. The second-order valence-corrected chi connectivity index (χ2v) is 6.52. The van der Waals surface area contributed by atoms with Gasteiger partial charge in [-0.2, -0.15) is 0 Å². The van der Waals surface area contributed by atoms with Crippen LogP contribution in [0.25, 0.3) is 11.2 Å². The fourth-order valence-electron chi connectivity index (χ4n) is 3.39. The number of aromatic nitrogens is 3. The predicted molar refractivity (Wildman–Crippen MR) is 83.0 cm³/mol. The predicted octanol–water partition coefficient (Wildman–Crippen LogP) is 4.48. The molecule has 0 aromatic carbocycles. The summed E-state index contributed by atoms with van der Waals surface area (Å²) in [4.78, 5) is 9.29. The molecule has 108 valence electrons. The van der Waals surface area contributed by atoms with Crippen LogP contribution in [0.5, 0.6) is 0 Å². The van der Waals surface area contributed by atoms with E-state index < -0.39 is 0 Å². The summed E-state index contributed by atoms with van der Waals surface area (Å²) in [7, 11) is 0. The largest absolute Gasteiger partial charge is 0.309 e. The first-order chi connectivity index (χ1) is 9.61. The number of nitrogens with zero attached hydrogens (tertiary/aromatic N) is 3. The van der Waals surface area contributed by atoms with Crippen LogP contribution in [0.15, 0.2) is 12.3 Å². The molecule has 2 heterocycles. The lowest BCUT2D eigenvalue weighted by Gasteiger charge is -2.33. The lowest BCUT2D eigenvalue weighted by Crippen LogP contribution is -2.24.